The molecule has 0 unspecified atom stereocenters. The molecule has 0 radical (unpaired) electrons. The maximum absolute atomic E-state index is 9.72. The van der Waals surface area contributed by atoms with Gasteiger partial charge >= 0.3 is 0 Å². The van der Waals surface area contributed by atoms with Crippen LogP contribution in [-0.4, -0.2) is 73.3 Å². The van der Waals surface area contributed by atoms with E-state index in [4.69, 9.17) is 19.3 Å². The molecule has 0 amide bonds. The first-order chi connectivity index (χ1) is 20.5. The third kappa shape index (κ3) is 41.4. The highest BCUT2D eigenvalue weighted by Gasteiger charge is 2.21. The highest BCUT2D eigenvalue weighted by Crippen LogP contribution is 2.12. The lowest BCUT2D eigenvalue weighted by Crippen LogP contribution is -2.09. The molecule has 0 saturated carbocycles. The molecule has 42 heavy (non-hydrogen) atoms. The molecule has 0 aliphatic carbocycles. The van der Waals surface area contributed by atoms with Gasteiger partial charge in [-0.15, -0.1) is 0 Å². The average molecular weight is 601 g/mol. The lowest BCUT2D eigenvalue weighted by atomic mass is 10.1. The second-order valence-electron chi connectivity index (χ2n) is 11.4. The quantitative estimate of drug-likeness (QED) is 0.0473. The Labute approximate surface area is 261 Å². The Hall–Kier alpha value is -0.760. The van der Waals surface area contributed by atoms with Crippen LogP contribution in [0.15, 0.2) is 24.3 Å². The predicted octanol–water partition coefficient (Wildman–Crippen LogP) is 8.71. The van der Waals surface area contributed by atoms with E-state index in [9.17, 15) is 10.2 Å². The van der Waals surface area contributed by atoms with E-state index in [0.29, 0.717) is 25.6 Å². The third-order valence-corrected chi connectivity index (χ3v) is 6.93. The van der Waals surface area contributed by atoms with Crippen LogP contribution in [0.2, 0.25) is 0 Å². The number of unbranched alkanes of at least 4 members (excludes halogenated alkanes) is 10. The van der Waals surface area contributed by atoms with Crippen LogP contribution in [0.4, 0.5) is 0 Å². The van der Waals surface area contributed by atoms with Crippen molar-refractivity contribution >= 4 is 0 Å². The van der Waals surface area contributed by atoms with Gasteiger partial charge in [-0.25, -0.2) is 0 Å². The minimum absolute atomic E-state index is 0.0749. The van der Waals surface area contributed by atoms with E-state index in [-0.39, 0.29) is 18.8 Å². The zero-order valence-electron chi connectivity index (χ0n) is 28.3. The molecule has 1 heterocycles. The lowest BCUT2D eigenvalue weighted by Gasteiger charge is -2.08. The molecule has 1 rings (SSSR count). The van der Waals surface area contributed by atoms with Crippen LogP contribution in [0, 0.1) is 0 Å². The summed E-state index contributed by atoms with van der Waals surface area (Å²) in [4.78, 5) is 0. The Morgan fingerprint density at radius 2 is 1.10 bits per heavy atom. The number of ether oxygens (including phenoxy) is 3. The van der Waals surface area contributed by atoms with Crippen molar-refractivity contribution in [2.24, 2.45) is 0 Å². The first-order valence-electron chi connectivity index (χ1n) is 17.6. The molecule has 0 aromatic heterocycles. The van der Waals surface area contributed by atoms with Crippen LogP contribution in [0.5, 0.6) is 0 Å². The zero-order chi connectivity index (χ0) is 31.4. The van der Waals surface area contributed by atoms with Crippen LogP contribution >= 0.6 is 0 Å². The van der Waals surface area contributed by atoms with Crippen molar-refractivity contribution in [1.82, 2.24) is 0 Å². The second-order valence-corrected chi connectivity index (χ2v) is 11.4. The van der Waals surface area contributed by atoms with Gasteiger partial charge in [-0.05, 0) is 70.6 Å². The molecule has 0 aromatic carbocycles. The van der Waals surface area contributed by atoms with Gasteiger partial charge in [0.2, 0.25) is 0 Å². The summed E-state index contributed by atoms with van der Waals surface area (Å²) in [5.74, 6) is 0. The normalized spacial score (nSPS) is 15.7. The van der Waals surface area contributed by atoms with E-state index in [1.807, 2.05) is 6.08 Å². The Kier molecular flexibility index (Phi) is 39.5. The van der Waals surface area contributed by atoms with E-state index in [0.717, 1.165) is 65.0 Å². The van der Waals surface area contributed by atoms with Crippen LogP contribution < -0.4 is 0 Å². The van der Waals surface area contributed by atoms with Gasteiger partial charge in [0.05, 0.1) is 24.9 Å². The van der Waals surface area contributed by atoms with E-state index < -0.39 is 0 Å². The zero-order valence-corrected chi connectivity index (χ0v) is 28.3. The molecule has 0 spiro atoms. The molecule has 6 heteroatoms. The molecule has 6 nitrogen and oxygen atoms in total. The fourth-order valence-corrected chi connectivity index (χ4v) is 3.87. The summed E-state index contributed by atoms with van der Waals surface area (Å²) >= 11 is 0. The van der Waals surface area contributed by atoms with Crippen LogP contribution in [0.25, 0.3) is 0 Å². The number of epoxide rings is 1. The summed E-state index contributed by atoms with van der Waals surface area (Å²) in [7, 11) is 0. The van der Waals surface area contributed by atoms with Crippen molar-refractivity contribution in [2.45, 2.75) is 168 Å². The Morgan fingerprint density at radius 3 is 1.55 bits per heavy atom. The SMILES string of the molecule is CCCCCC/C=C/C[C@@H](O)CCO.CCCCCC/C=C/C[C@@H](O)CCOCCCC.CCCCOCC[C@H]1CO1. The maximum atomic E-state index is 9.72. The number of allylic oxidation sites excluding steroid dienone is 2. The van der Waals surface area contributed by atoms with Gasteiger partial charge in [0.25, 0.3) is 0 Å². The fraction of sp³-hybridized carbons (Fsp3) is 0.889. The summed E-state index contributed by atoms with van der Waals surface area (Å²) in [6, 6.07) is 0. The van der Waals surface area contributed by atoms with Crippen LogP contribution in [0.1, 0.15) is 150 Å². The maximum Gasteiger partial charge on any atom is 0.0831 e. The van der Waals surface area contributed by atoms with Crippen molar-refractivity contribution in [2.75, 3.05) is 39.6 Å². The Morgan fingerprint density at radius 1 is 0.619 bits per heavy atom. The molecular weight excluding hydrogens is 528 g/mol. The van der Waals surface area contributed by atoms with Gasteiger partial charge in [0, 0.05) is 33.0 Å². The van der Waals surface area contributed by atoms with Crippen molar-refractivity contribution in [3.8, 4) is 0 Å². The number of aliphatic hydroxyl groups excluding tert-OH is 3. The monoisotopic (exact) mass is 601 g/mol. The van der Waals surface area contributed by atoms with Gasteiger partial charge in [-0.2, -0.15) is 0 Å². The number of rotatable bonds is 28. The summed E-state index contributed by atoms with van der Waals surface area (Å²) in [6.45, 7) is 13.1. The van der Waals surface area contributed by atoms with Crippen LogP contribution in [-0.2, 0) is 14.2 Å². The molecule has 1 aliphatic rings. The molecule has 1 aliphatic heterocycles. The van der Waals surface area contributed by atoms with E-state index in [1.165, 1.54) is 70.6 Å². The number of hydrogen-bond acceptors (Lipinski definition) is 6. The molecule has 3 N–H and O–H groups in total. The Balaban J connectivity index is 0. The molecule has 0 aromatic rings. The topological polar surface area (TPSA) is 91.7 Å². The molecular formula is C36H72O6. The minimum Gasteiger partial charge on any atom is -0.396 e. The van der Waals surface area contributed by atoms with E-state index >= 15 is 0 Å². The largest absolute Gasteiger partial charge is 0.396 e. The fourth-order valence-electron chi connectivity index (χ4n) is 3.87. The third-order valence-electron chi connectivity index (χ3n) is 6.93. The van der Waals surface area contributed by atoms with Crippen molar-refractivity contribution < 1.29 is 29.5 Å². The standard InChI is InChI=1S/C16H32O2.C12H24O2.C8H16O2/c1-3-5-7-8-9-10-11-12-16(17)13-15-18-14-6-4-2;1-2-3-4-5-6-7-8-9-12(14)10-11-13;1-2-3-5-9-6-4-8-7-10-8/h10-11,16-17H,3-9,12-15H2,1-2H3;7-8,12-14H,2-6,9-11H2,1H3;8H,2-7H2,1H3/b11-10+;8-7+;/t16-;12-;8-/m110/s1. The van der Waals surface area contributed by atoms with Crippen molar-refractivity contribution in [3.05, 3.63) is 24.3 Å². The van der Waals surface area contributed by atoms with E-state index in [2.05, 4.69) is 45.9 Å². The first-order valence-corrected chi connectivity index (χ1v) is 17.6. The highest BCUT2D eigenvalue weighted by atomic mass is 16.6. The minimum atomic E-state index is -0.369. The van der Waals surface area contributed by atoms with Gasteiger partial charge in [-0.1, -0.05) is 103 Å². The summed E-state index contributed by atoms with van der Waals surface area (Å²) in [6.07, 6.45) is 29.5. The predicted molar refractivity (Wildman–Crippen MR) is 179 cm³/mol. The number of hydrogen-bond donors (Lipinski definition) is 3. The Bertz CT molecular complexity index is 535. The highest BCUT2D eigenvalue weighted by molar-refractivity contribution is 4.84. The molecule has 3 atom stereocenters. The van der Waals surface area contributed by atoms with Gasteiger partial charge in [0.15, 0.2) is 0 Å². The molecule has 0 bridgehead atoms. The lowest BCUT2D eigenvalue weighted by molar-refractivity contribution is 0.0817. The summed E-state index contributed by atoms with van der Waals surface area (Å²) < 4.78 is 15.8. The van der Waals surface area contributed by atoms with Gasteiger partial charge < -0.3 is 29.5 Å². The molecule has 1 saturated heterocycles. The van der Waals surface area contributed by atoms with Gasteiger partial charge in [-0.3, -0.25) is 0 Å². The van der Waals surface area contributed by atoms with Crippen LogP contribution in [0.3, 0.4) is 0 Å². The summed E-state index contributed by atoms with van der Waals surface area (Å²) in [5.41, 5.74) is 0. The molecule has 1 fully saturated rings. The second kappa shape index (κ2) is 38.3. The smallest absolute Gasteiger partial charge is 0.0831 e. The number of aliphatic hydroxyl groups is 3. The average Bonchev–Trinajstić information content (AvgIpc) is 3.81. The van der Waals surface area contributed by atoms with E-state index in [1.54, 1.807) is 0 Å². The first kappa shape index (κ1) is 43.4. The molecule has 252 valence electrons. The van der Waals surface area contributed by atoms with Crippen molar-refractivity contribution in [3.63, 3.8) is 0 Å². The van der Waals surface area contributed by atoms with Gasteiger partial charge in [0.1, 0.15) is 0 Å². The van der Waals surface area contributed by atoms with Crippen molar-refractivity contribution in [1.29, 1.82) is 0 Å². The summed E-state index contributed by atoms with van der Waals surface area (Å²) in [5, 5.41) is 27.5.